The minimum atomic E-state index is -0.434. The molecule has 0 saturated carbocycles. The van der Waals surface area contributed by atoms with Crippen LogP contribution in [0.3, 0.4) is 0 Å². The average molecular weight is 287 g/mol. The van der Waals surface area contributed by atoms with Gasteiger partial charge in [-0.15, -0.1) is 0 Å². The van der Waals surface area contributed by atoms with E-state index in [0.717, 1.165) is 12.8 Å². The zero-order valence-electron chi connectivity index (χ0n) is 14.1. The molecule has 4 heteroatoms. The predicted molar refractivity (Wildman–Crippen MR) is 82.5 cm³/mol. The molecule has 1 atom stereocenters. The summed E-state index contributed by atoms with van der Waals surface area (Å²) in [6.07, 6.45) is 1.54. The monoisotopic (exact) mass is 287 g/mol. The van der Waals surface area contributed by atoms with Gasteiger partial charge in [0.25, 0.3) is 0 Å². The van der Waals surface area contributed by atoms with E-state index in [0.29, 0.717) is 26.4 Å². The topological polar surface area (TPSA) is 61.5 Å². The molecule has 0 heterocycles. The molecule has 0 aliphatic carbocycles. The normalized spacial score (nSPS) is 15.2. The van der Waals surface area contributed by atoms with Gasteiger partial charge in [0.2, 0.25) is 0 Å². The van der Waals surface area contributed by atoms with Crippen molar-refractivity contribution in [2.45, 2.75) is 54.4 Å². The Balaban J connectivity index is 4.30. The van der Waals surface area contributed by atoms with Crippen LogP contribution in [0.25, 0.3) is 0 Å². The summed E-state index contributed by atoms with van der Waals surface area (Å²) < 4.78 is 10.7. The lowest BCUT2D eigenvalue weighted by atomic mass is 9.69. The maximum Gasteiger partial charge on any atom is 0.312 e. The molecule has 120 valence electrons. The number of rotatable bonds is 9. The van der Waals surface area contributed by atoms with Crippen LogP contribution in [-0.2, 0) is 14.3 Å². The van der Waals surface area contributed by atoms with Crippen molar-refractivity contribution in [2.24, 2.45) is 22.5 Å². The van der Waals surface area contributed by atoms with Gasteiger partial charge in [-0.3, -0.25) is 4.79 Å². The minimum absolute atomic E-state index is 0.0961. The van der Waals surface area contributed by atoms with E-state index in [1.165, 1.54) is 0 Å². The second kappa shape index (κ2) is 8.63. The number of nitrogens with two attached hydrogens (primary N) is 1. The molecule has 0 aromatic carbocycles. The third-order valence-corrected chi connectivity index (χ3v) is 3.57. The smallest absolute Gasteiger partial charge is 0.312 e. The van der Waals surface area contributed by atoms with Gasteiger partial charge in [0.1, 0.15) is 0 Å². The zero-order valence-corrected chi connectivity index (χ0v) is 14.1. The van der Waals surface area contributed by atoms with Gasteiger partial charge in [0.05, 0.1) is 18.6 Å². The Bertz CT molecular complexity index is 284. The zero-order chi connectivity index (χ0) is 15.8. The Morgan fingerprint density at radius 1 is 1.10 bits per heavy atom. The summed E-state index contributed by atoms with van der Waals surface area (Å²) in [5, 5.41) is 0. The maximum atomic E-state index is 12.4. The van der Waals surface area contributed by atoms with E-state index < -0.39 is 5.41 Å². The summed E-state index contributed by atoms with van der Waals surface area (Å²) in [7, 11) is 0. The third kappa shape index (κ3) is 7.25. The Labute approximate surface area is 124 Å². The lowest BCUT2D eigenvalue weighted by Crippen LogP contribution is -2.38. The van der Waals surface area contributed by atoms with E-state index in [1.54, 1.807) is 0 Å². The highest BCUT2D eigenvalue weighted by Crippen LogP contribution is 2.40. The summed E-state index contributed by atoms with van der Waals surface area (Å²) in [5.41, 5.74) is 5.00. The summed E-state index contributed by atoms with van der Waals surface area (Å²) in [6.45, 7) is 14.7. The largest absolute Gasteiger partial charge is 0.465 e. The number of carbonyl (C=O) groups is 1. The van der Waals surface area contributed by atoms with Crippen molar-refractivity contribution in [3.63, 3.8) is 0 Å². The highest BCUT2D eigenvalue weighted by atomic mass is 16.5. The first kappa shape index (κ1) is 19.4. The minimum Gasteiger partial charge on any atom is -0.465 e. The van der Waals surface area contributed by atoms with Crippen LogP contribution in [0.1, 0.15) is 54.4 Å². The first-order valence-corrected chi connectivity index (χ1v) is 7.58. The maximum absolute atomic E-state index is 12.4. The van der Waals surface area contributed by atoms with E-state index in [9.17, 15) is 4.79 Å². The van der Waals surface area contributed by atoms with Gasteiger partial charge in [-0.25, -0.2) is 0 Å². The van der Waals surface area contributed by atoms with Crippen LogP contribution in [0.15, 0.2) is 0 Å². The highest BCUT2D eigenvalue weighted by molar-refractivity contribution is 5.76. The fraction of sp³-hybridized carbons (Fsp3) is 0.938. The molecule has 0 amide bonds. The van der Waals surface area contributed by atoms with E-state index >= 15 is 0 Å². The Morgan fingerprint density at radius 3 is 2.15 bits per heavy atom. The first-order chi connectivity index (χ1) is 9.13. The highest BCUT2D eigenvalue weighted by Gasteiger charge is 2.41. The van der Waals surface area contributed by atoms with Crippen molar-refractivity contribution in [1.82, 2.24) is 0 Å². The number of hydrogen-bond donors (Lipinski definition) is 1. The van der Waals surface area contributed by atoms with Crippen LogP contribution in [0, 0.1) is 16.7 Å². The molecule has 0 fully saturated rings. The summed E-state index contributed by atoms with van der Waals surface area (Å²) in [6, 6.07) is 0. The number of esters is 1. The van der Waals surface area contributed by atoms with Gasteiger partial charge in [0, 0.05) is 19.6 Å². The van der Waals surface area contributed by atoms with Crippen LogP contribution >= 0.6 is 0 Å². The molecule has 4 nitrogen and oxygen atoms in total. The molecule has 0 bridgehead atoms. The van der Waals surface area contributed by atoms with Gasteiger partial charge in [-0.2, -0.15) is 0 Å². The Morgan fingerprint density at radius 2 is 1.70 bits per heavy atom. The summed E-state index contributed by atoms with van der Waals surface area (Å²) in [4.78, 5) is 12.4. The Kier molecular flexibility index (Phi) is 8.36. The quantitative estimate of drug-likeness (QED) is 0.523. The number of ether oxygens (including phenoxy) is 2. The first-order valence-electron chi connectivity index (χ1n) is 7.58. The molecular formula is C16H33NO3. The van der Waals surface area contributed by atoms with E-state index in [2.05, 4.69) is 34.6 Å². The van der Waals surface area contributed by atoms with Crippen molar-refractivity contribution in [1.29, 1.82) is 0 Å². The van der Waals surface area contributed by atoms with Gasteiger partial charge in [-0.05, 0) is 24.7 Å². The predicted octanol–water partition coefficient (Wildman–Crippen LogP) is 2.99. The van der Waals surface area contributed by atoms with Crippen molar-refractivity contribution >= 4 is 5.97 Å². The lowest BCUT2D eigenvalue weighted by Gasteiger charge is -2.36. The molecule has 0 aliphatic rings. The molecule has 0 saturated heterocycles. The Hall–Kier alpha value is -0.610. The lowest BCUT2D eigenvalue weighted by molar-refractivity contribution is -0.160. The van der Waals surface area contributed by atoms with Gasteiger partial charge < -0.3 is 15.2 Å². The van der Waals surface area contributed by atoms with Crippen LogP contribution in [0.4, 0.5) is 0 Å². The molecule has 0 spiro atoms. The van der Waals surface area contributed by atoms with Gasteiger partial charge >= 0.3 is 5.97 Å². The second-order valence-corrected chi connectivity index (χ2v) is 7.20. The summed E-state index contributed by atoms with van der Waals surface area (Å²) in [5.74, 6) is 0.156. The van der Waals surface area contributed by atoms with Crippen molar-refractivity contribution in [3.8, 4) is 0 Å². The standard InChI is InChI=1S/C16H33NO3/c1-13(2)16(6,12-15(3,4)5)14(18)20-10-7-9-19-11-8-17/h13H,7-12,17H2,1-6H3. The molecule has 20 heavy (non-hydrogen) atoms. The van der Waals surface area contributed by atoms with Crippen molar-refractivity contribution in [3.05, 3.63) is 0 Å². The molecule has 0 rings (SSSR count). The van der Waals surface area contributed by atoms with Crippen LogP contribution in [0.2, 0.25) is 0 Å². The molecule has 0 aromatic heterocycles. The van der Waals surface area contributed by atoms with Crippen LogP contribution in [-0.4, -0.2) is 32.3 Å². The second-order valence-electron chi connectivity index (χ2n) is 7.20. The molecule has 2 N–H and O–H groups in total. The molecule has 0 aliphatic heterocycles. The van der Waals surface area contributed by atoms with E-state index in [4.69, 9.17) is 15.2 Å². The third-order valence-electron chi connectivity index (χ3n) is 3.57. The molecule has 1 unspecified atom stereocenters. The van der Waals surface area contributed by atoms with Crippen molar-refractivity contribution in [2.75, 3.05) is 26.4 Å². The SMILES string of the molecule is CC(C)C(C)(CC(C)(C)C)C(=O)OCCCOCCN. The fourth-order valence-electron chi connectivity index (χ4n) is 2.29. The summed E-state index contributed by atoms with van der Waals surface area (Å²) >= 11 is 0. The molecule has 0 radical (unpaired) electrons. The van der Waals surface area contributed by atoms with Gasteiger partial charge in [-0.1, -0.05) is 34.6 Å². The van der Waals surface area contributed by atoms with Crippen LogP contribution < -0.4 is 5.73 Å². The average Bonchev–Trinajstić information content (AvgIpc) is 2.30. The molecule has 0 aromatic rings. The molecular weight excluding hydrogens is 254 g/mol. The van der Waals surface area contributed by atoms with E-state index in [-0.39, 0.29) is 17.3 Å². The fourth-order valence-corrected chi connectivity index (χ4v) is 2.29. The van der Waals surface area contributed by atoms with Gasteiger partial charge in [0.15, 0.2) is 0 Å². The number of hydrogen-bond acceptors (Lipinski definition) is 4. The van der Waals surface area contributed by atoms with Crippen molar-refractivity contribution < 1.29 is 14.3 Å². The number of carbonyl (C=O) groups excluding carboxylic acids is 1. The van der Waals surface area contributed by atoms with Crippen LogP contribution in [0.5, 0.6) is 0 Å². The van der Waals surface area contributed by atoms with E-state index in [1.807, 2.05) is 6.92 Å².